The average Bonchev–Trinajstić information content (AvgIpc) is 2.67. The topological polar surface area (TPSA) is 49.8 Å². The molecule has 0 amide bonds. The smallest absolute Gasteiger partial charge is 0.337 e. The number of allylic oxidation sites excluding steroid dienone is 3. The predicted molar refractivity (Wildman–Crippen MR) is 112 cm³/mol. The van der Waals surface area contributed by atoms with Crippen molar-refractivity contribution in [1.82, 2.24) is 4.90 Å². The second-order valence-corrected chi connectivity index (χ2v) is 6.29. The van der Waals surface area contributed by atoms with E-state index in [4.69, 9.17) is 4.74 Å². The summed E-state index contributed by atoms with van der Waals surface area (Å²) in [4.78, 5) is 13.6. The maximum Gasteiger partial charge on any atom is 0.337 e. The van der Waals surface area contributed by atoms with Crippen LogP contribution < -0.4 is 0 Å². The summed E-state index contributed by atoms with van der Waals surface area (Å²) in [6, 6.07) is 5.33. The molecule has 0 aliphatic heterocycles. The van der Waals surface area contributed by atoms with Crippen molar-refractivity contribution in [3.8, 4) is 0 Å². The van der Waals surface area contributed by atoms with Crippen molar-refractivity contribution in [2.24, 2.45) is 0 Å². The summed E-state index contributed by atoms with van der Waals surface area (Å²) in [5, 5.41) is 9.70. The monoisotopic (exact) mass is 423 g/mol. The molecule has 0 aliphatic rings. The Hall–Kier alpha value is -1.69. The zero-order chi connectivity index (χ0) is 20.1. The standard InChI is InChI=1S/C19H24BrNO3.C2H6/c1-5-7-14(6-2)10-17(13-22)21(3)12-16-9-8-15(11-18(16)20)19(23)24-4;1-2/h5-9,11,17,22H,1-2,10,12-13H2,3-4H3;1-2H3/b14-7+;. The Bertz CT molecular complexity index is 626. The van der Waals surface area contributed by atoms with Crippen LogP contribution in [0.15, 0.2) is 59.6 Å². The van der Waals surface area contributed by atoms with Crippen molar-refractivity contribution in [3.05, 3.63) is 70.8 Å². The molecule has 1 aromatic rings. The van der Waals surface area contributed by atoms with Gasteiger partial charge in [0.2, 0.25) is 0 Å². The highest BCUT2D eigenvalue weighted by molar-refractivity contribution is 9.10. The molecule has 1 atom stereocenters. The van der Waals surface area contributed by atoms with Crippen molar-refractivity contribution in [3.63, 3.8) is 0 Å². The number of aliphatic hydroxyl groups is 1. The number of carbonyl (C=O) groups is 1. The van der Waals surface area contributed by atoms with Crippen LogP contribution in [0.1, 0.15) is 36.2 Å². The van der Waals surface area contributed by atoms with Crippen LogP contribution >= 0.6 is 15.9 Å². The van der Waals surface area contributed by atoms with Gasteiger partial charge < -0.3 is 9.84 Å². The summed E-state index contributed by atoms with van der Waals surface area (Å²) in [5.41, 5.74) is 2.55. The first-order valence-electron chi connectivity index (χ1n) is 8.58. The third kappa shape index (κ3) is 7.68. The summed E-state index contributed by atoms with van der Waals surface area (Å²) < 4.78 is 5.55. The number of methoxy groups -OCH3 is 1. The van der Waals surface area contributed by atoms with E-state index in [0.717, 1.165) is 15.6 Å². The molecular formula is C21H30BrNO3. The van der Waals surface area contributed by atoms with Gasteiger partial charge in [0.15, 0.2) is 0 Å². The Balaban J connectivity index is 0.00000301. The molecule has 5 heteroatoms. The lowest BCUT2D eigenvalue weighted by atomic mass is 10.0. The van der Waals surface area contributed by atoms with Crippen LogP contribution in [-0.2, 0) is 11.3 Å². The molecule has 1 rings (SSSR count). The number of aliphatic hydroxyl groups excluding tert-OH is 1. The van der Waals surface area contributed by atoms with Gasteiger partial charge in [0.1, 0.15) is 0 Å². The Morgan fingerprint density at radius 3 is 2.50 bits per heavy atom. The maximum atomic E-state index is 11.6. The van der Waals surface area contributed by atoms with E-state index < -0.39 is 0 Å². The minimum Gasteiger partial charge on any atom is -0.465 e. The molecule has 1 aromatic carbocycles. The normalized spacial score (nSPS) is 12.0. The number of halogens is 1. The van der Waals surface area contributed by atoms with Crippen molar-refractivity contribution >= 4 is 21.9 Å². The van der Waals surface area contributed by atoms with Gasteiger partial charge in [-0.05, 0) is 36.7 Å². The number of nitrogens with zero attached hydrogens (tertiary/aromatic N) is 1. The number of hydrogen-bond acceptors (Lipinski definition) is 4. The molecule has 1 unspecified atom stereocenters. The second-order valence-electron chi connectivity index (χ2n) is 5.43. The summed E-state index contributed by atoms with van der Waals surface area (Å²) in [6.07, 6.45) is 6.07. The van der Waals surface area contributed by atoms with Crippen LogP contribution in [0.4, 0.5) is 0 Å². The van der Waals surface area contributed by atoms with E-state index in [0.29, 0.717) is 18.5 Å². The lowest BCUT2D eigenvalue weighted by molar-refractivity contribution is 0.0600. The fourth-order valence-corrected chi connectivity index (χ4v) is 2.82. The molecule has 0 spiro atoms. The average molecular weight is 424 g/mol. The van der Waals surface area contributed by atoms with E-state index in [1.54, 1.807) is 24.3 Å². The van der Waals surface area contributed by atoms with Crippen LogP contribution in [0.5, 0.6) is 0 Å². The SMILES string of the molecule is C=C/C=C(\C=C)CC(CO)N(C)Cc1ccc(C(=O)OC)cc1Br.CC. The van der Waals surface area contributed by atoms with Crippen LogP contribution in [0.3, 0.4) is 0 Å². The molecule has 1 N–H and O–H groups in total. The third-order valence-corrected chi connectivity index (χ3v) is 4.53. The van der Waals surface area contributed by atoms with E-state index in [-0.39, 0.29) is 18.6 Å². The molecule has 0 saturated carbocycles. The molecule has 0 bridgehead atoms. The predicted octanol–water partition coefficient (Wildman–Crippen LogP) is 4.74. The van der Waals surface area contributed by atoms with Crippen LogP contribution in [0, 0.1) is 0 Å². The highest BCUT2D eigenvalue weighted by Crippen LogP contribution is 2.22. The Morgan fingerprint density at radius 1 is 1.38 bits per heavy atom. The number of rotatable bonds is 9. The fraction of sp³-hybridized carbons (Fsp3) is 0.381. The van der Waals surface area contributed by atoms with Gasteiger partial charge in [-0.2, -0.15) is 0 Å². The van der Waals surface area contributed by atoms with Crippen molar-refractivity contribution in [1.29, 1.82) is 0 Å². The number of ether oxygens (including phenoxy) is 1. The Morgan fingerprint density at radius 2 is 2.04 bits per heavy atom. The van der Waals surface area contributed by atoms with Crippen LogP contribution in [0.2, 0.25) is 0 Å². The maximum absolute atomic E-state index is 11.6. The molecule has 0 aliphatic carbocycles. The fourth-order valence-electron chi connectivity index (χ4n) is 2.32. The highest BCUT2D eigenvalue weighted by atomic mass is 79.9. The van der Waals surface area contributed by atoms with E-state index in [2.05, 4.69) is 34.0 Å². The first kappa shape index (κ1) is 24.3. The number of hydrogen-bond donors (Lipinski definition) is 1. The van der Waals surface area contributed by atoms with E-state index in [1.807, 2.05) is 33.0 Å². The van der Waals surface area contributed by atoms with E-state index in [9.17, 15) is 9.90 Å². The molecule has 0 fully saturated rings. The number of benzene rings is 1. The van der Waals surface area contributed by atoms with Crippen LogP contribution in [-0.4, -0.2) is 42.8 Å². The number of esters is 1. The van der Waals surface area contributed by atoms with Gasteiger partial charge >= 0.3 is 5.97 Å². The van der Waals surface area contributed by atoms with Gasteiger partial charge in [0.25, 0.3) is 0 Å². The molecule has 0 radical (unpaired) electrons. The summed E-state index contributed by atoms with van der Waals surface area (Å²) >= 11 is 3.50. The largest absolute Gasteiger partial charge is 0.465 e. The van der Waals surface area contributed by atoms with Gasteiger partial charge in [0, 0.05) is 17.1 Å². The summed E-state index contributed by atoms with van der Waals surface area (Å²) in [6.45, 7) is 12.2. The first-order valence-corrected chi connectivity index (χ1v) is 9.38. The van der Waals surface area contributed by atoms with Crippen molar-refractivity contribution in [2.75, 3.05) is 20.8 Å². The first-order chi connectivity index (χ1) is 12.5. The van der Waals surface area contributed by atoms with Crippen molar-refractivity contribution < 1.29 is 14.6 Å². The van der Waals surface area contributed by atoms with Crippen molar-refractivity contribution in [2.45, 2.75) is 32.9 Å². The molecule has 0 aromatic heterocycles. The minimum atomic E-state index is -0.367. The van der Waals surface area contributed by atoms with E-state index >= 15 is 0 Å². The lowest BCUT2D eigenvalue weighted by Crippen LogP contribution is -2.34. The molecule has 4 nitrogen and oxygen atoms in total. The molecule has 0 heterocycles. The number of carbonyl (C=O) groups excluding carboxylic acids is 1. The zero-order valence-corrected chi connectivity index (χ0v) is 17.8. The Labute approximate surface area is 166 Å². The minimum absolute atomic E-state index is 0.0384. The van der Waals surface area contributed by atoms with Gasteiger partial charge in [-0.1, -0.05) is 67.2 Å². The quantitative estimate of drug-likeness (QED) is 0.460. The van der Waals surface area contributed by atoms with Gasteiger partial charge in [0.05, 0.1) is 19.3 Å². The van der Waals surface area contributed by atoms with Gasteiger partial charge in [-0.15, -0.1) is 0 Å². The van der Waals surface area contributed by atoms with Gasteiger partial charge in [-0.25, -0.2) is 4.79 Å². The molecular weight excluding hydrogens is 394 g/mol. The van der Waals surface area contributed by atoms with E-state index in [1.165, 1.54) is 7.11 Å². The highest BCUT2D eigenvalue weighted by Gasteiger charge is 2.17. The molecule has 26 heavy (non-hydrogen) atoms. The Kier molecular flexibility index (Phi) is 12.6. The molecule has 0 saturated heterocycles. The van der Waals surface area contributed by atoms with Crippen LogP contribution in [0.25, 0.3) is 0 Å². The molecule has 144 valence electrons. The lowest BCUT2D eigenvalue weighted by Gasteiger charge is -2.27. The van der Waals surface area contributed by atoms with Gasteiger partial charge in [-0.3, -0.25) is 4.90 Å². The number of likely N-dealkylation sites (N-methyl/N-ethyl adjacent to an activating group) is 1. The third-order valence-electron chi connectivity index (χ3n) is 3.79. The summed E-state index contributed by atoms with van der Waals surface area (Å²) in [7, 11) is 3.31. The zero-order valence-electron chi connectivity index (χ0n) is 16.2. The second kappa shape index (κ2) is 13.5. The summed E-state index contributed by atoms with van der Waals surface area (Å²) in [5.74, 6) is -0.367.